The molecule has 0 atom stereocenters. The fraction of sp³-hybridized carbons (Fsp3) is 0.500. The number of hydrogen-bond donors (Lipinski definition) is 1. The molecule has 0 radical (unpaired) electrons. The van der Waals surface area contributed by atoms with Crippen LogP contribution in [-0.2, 0) is 13.1 Å². The normalized spacial score (nSPS) is 15.0. The highest BCUT2D eigenvalue weighted by Gasteiger charge is 2.30. The highest BCUT2D eigenvalue weighted by atomic mass is 16.3. The van der Waals surface area contributed by atoms with Gasteiger partial charge in [0.15, 0.2) is 0 Å². The Hall–Kier alpha value is -1.88. The number of phenols is 1. The number of hydrogen-bond acceptors (Lipinski definition) is 4. The van der Waals surface area contributed by atoms with Crippen LogP contribution >= 0.6 is 0 Å². The first-order valence-corrected chi connectivity index (χ1v) is 7.54. The van der Waals surface area contributed by atoms with Gasteiger partial charge in [-0.25, -0.2) is 0 Å². The number of rotatable bonds is 6. The number of benzene rings is 1. The fourth-order valence-electron chi connectivity index (χ4n) is 2.64. The summed E-state index contributed by atoms with van der Waals surface area (Å²) in [5, 5.41) is 17.9. The summed E-state index contributed by atoms with van der Waals surface area (Å²) in [4.78, 5) is 2.43. The van der Waals surface area contributed by atoms with Crippen molar-refractivity contribution in [2.24, 2.45) is 0 Å². The van der Waals surface area contributed by atoms with E-state index in [1.54, 1.807) is 12.4 Å². The Morgan fingerprint density at radius 1 is 1.33 bits per heavy atom. The molecule has 112 valence electrons. The quantitative estimate of drug-likeness (QED) is 0.887. The first kappa shape index (κ1) is 14.1. The third-order valence-electron chi connectivity index (χ3n) is 3.91. The zero-order valence-electron chi connectivity index (χ0n) is 12.6. The summed E-state index contributed by atoms with van der Waals surface area (Å²) in [6, 6.07) is 8.50. The Balaban J connectivity index is 1.74. The lowest BCUT2D eigenvalue weighted by Crippen LogP contribution is -2.27. The smallest absolute Gasteiger partial charge is 0.147 e. The predicted molar refractivity (Wildman–Crippen MR) is 80.8 cm³/mol. The SMILES string of the molecule is CC(C)n1cnnc1CN(Cc1cccc(O)c1)C1CC1. The molecule has 3 rings (SSSR count). The van der Waals surface area contributed by atoms with Crippen LogP contribution in [0, 0.1) is 0 Å². The molecule has 5 heteroatoms. The summed E-state index contributed by atoms with van der Waals surface area (Å²) in [5.41, 5.74) is 1.14. The molecule has 21 heavy (non-hydrogen) atoms. The topological polar surface area (TPSA) is 54.2 Å². The average molecular weight is 286 g/mol. The van der Waals surface area contributed by atoms with Gasteiger partial charge in [0.1, 0.15) is 17.9 Å². The number of aromatic nitrogens is 3. The van der Waals surface area contributed by atoms with Crippen LogP contribution in [0.2, 0.25) is 0 Å². The van der Waals surface area contributed by atoms with Gasteiger partial charge in [0.25, 0.3) is 0 Å². The van der Waals surface area contributed by atoms with Gasteiger partial charge in [-0.15, -0.1) is 10.2 Å². The van der Waals surface area contributed by atoms with Gasteiger partial charge in [0.05, 0.1) is 6.54 Å². The predicted octanol–water partition coefficient (Wildman–Crippen LogP) is 2.73. The molecular weight excluding hydrogens is 264 g/mol. The summed E-state index contributed by atoms with van der Waals surface area (Å²) < 4.78 is 2.12. The van der Waals surface area contributed by atoms with Gasteiger partial charge in [0.2, 0.25) is 0 Å². The molecule has 0 unspecified atom stereocenters. The van der Waals surface area contributed by atoms with Crippen LogP contribution in [0.3, 0.4) is 0 Å². The number of nitrogens with zero attached hydrogens (tertiary/aromatic N) is 4. The van der Waals surface area contributed by atoms with Crippen LogP contribution < -0.4 is 0 Å². The van der Waals surface area contributed by atoms with E-state index in [0.29, 0.717) is 17.8 Å². The molecule has 0 spiro atoms. The molecule has 1 aliphatic carbocycles. The van der Waals surface area contributed by atoms with Crippen LogP contribution in [0.15, 0.2) is 30.6 Å². The van der Waals surface area contributed by atoms with Crippen molar-refractivity contribution in [1.29, 1.82) is 0 Å². The van der Waals surface area contributed by atoms with Gasteiger partial charge >= 0.3 is 0 Å². The molecule has 1 aromatic carbocycles. The molecule has 1 aliphatic rings. The van der Waals surface area contributed by atoms with E-state index in [2.05, 4.69) is 39.6 Å². The van der Waals surface area contributed by atoms with Crippen molar-refractivity contribution < 1.29 is 5.11 Å². The zero-order valence-corrected chi connectivity index (χ0v) is 12.6. The summed E-state index contributed by atoms with van der Waals surface area (Å²) in [7, 11) is 0. The summed E-state index contributed by atoms with van der Waals surface area (Å²) in [6.45, 7) is 5.93. The van der Waals surface area contributed by atoms with E-state index in [0.717, 1.165) is 24.5 Å². The maximum Gasteiger partial charge on any atom is 0.147 e. The Kier molecular flexibility index (Phi) is 3.92. The Labute approximate surface area is 125 Å². The maximum absolute atomic E-state index is 9.61. The van der Waals surface area contributed by atoms with Crippen molar-refractivity contribution in [2.75, 3.05) is 0 Å². The largest absolute Gasteiger partial charge is 0.508 e. The summed E-state index contributed by atoms with van der Waals surface area (Å²) >= 11 is 0. The fourth-order valence-corrected chi connectivity index (χ4v) is 2.64. The number of aromatic hydroxyl groups is 1. The van der Waals surface area contributed by atoms with Crippen LogP contribution in [0.4, 0.5) is 0 Å². The van der Waals surface area contributed by atoms with Crippen molar-refractivity contribution in [2.45, 2.75) is 51.9 Å². The lowest BCUT2D eigenvalue weighted by atomic mass is 10.2. The van der Waals surface area contributed by atoms with Gasteiger partial charge in [-0.2, -0.15) is 0 Å². The van der Waals surface area contributed by atoms with Crippen LogP contribution in [-0.4, -0.2) is 30.8 Å². The van der Waals surface area contributed by atoms with Crippen molar-refractivity contribution in [1.82, 2.24) is 19.7 Å². The van der Waals surface area contributed by atoms with E-state index < -0.39 is 0 Å². The molecule has 0 aliphatic heterocycles. The zero-order chi connectivity index (χ0) is 14.8. The lowest BCUT2D eigenvalue weighted by Gasteiger charge is -2.22. The first-order valence-electron chi connectivity index (χ1n) is 7.54. The average Bonchev–Trinajstić information content (AvgIpc) is 3.18. The molecular formula is C16H22N4O. The van der Waals surface area contributed by atoms with Gasteiger partial charge in [-0.1, -0.05) is 12.1 Å². The van der Waals surface area contributed by atoms with Gasteiger partial charge < -0.3 is 9.67 Å². The minimum absolute atomic E-state index is 0.327. The van der Waals surface area contributed by atoms with E-state index in [4.69, 9.17) is 0 Å². The van der Waals surface area contributed by atoms with Gasteiger partial charge in [-0.05, 0) is 44.4 Å². The van der Waals surface area contributed by atoms with E-state index >= 15 is 0 Å². The van der Waals surface area contributed by atoms with Crippen LogP contribution in [0.5, 0.6) is 5.75 Å². The molecule has 1 aromatic heterocycles. The third kappa shape index (κ3) is 3.42. The minimum Gasteiger partial charge on any atom is -0.508 e. The van der Waals surface area contributed by atoms with E-state index in [-0.39, 0.29) is 0 Å². The molecule has 1 heterocycles. The minimum atomic E-state index is 0.327. The summed E-state index contributed by atoms with van der Waals surface area (Å²) in [5.74, 6) is 1.34. The summed E-state index contributed by atoms with van der Waals surface area (Å²) in [6.07, 6.45) is 4.29. The molecule has 2 aromatic rings. The van der Waals surface area contributed by atoms with Gasteiger partial charge in [0, 0.05) is 18.6 Å². The maximum atomic E-state index is 9.61. The highest BCUT2D eigenvalue weighted by molar-refractivity contribution is 5.27. The van der Waals surface area contributed by atoms with E-state index in [1.807, 2.05) is 12.1 Å². The van der Waals surface area contributed by atoms with Crippen LogP contribution in [0.1, 0.15) is 44.1 Å². The van der Waals surface area contributed by atoms with Gasteiger partial charge in [-0.3, -0.25) is 4.90 Å². The molecule has 1 N–H and O–H groups in total. The Morgan fingerprint density at radius 2 is 2.14 bits per heavy atom. The van der Waals surface area contributed by atoms with Crippen molar-refractivity contribution in [3.63, 3.8) is 0 Å². The highest BCUT2D eigenvalue weighted by Crippen LogP contribution is 2.30. The lowest BCUT2D eigenvalue weighted by molar-refractivity contribution is 0.234. The molecule has 1 fully saturated rings. The monoisotopic (exact) mass is 286 g/mol. The number of phenolic OH excluding ortho intramolecular Hbond substituents is 1. The second-order valence-electron chi connectivity index (χ2n) is 6.05. The molecule has 0 bridgehead atoms. The second-order valence-corrected chi connectivity index (χ2v) is 6.05. The standard InChI is InChI=1S/C16H22N4O/c1-12(2)20-11-17-18-16(20)10-19(14-6-7-14)9-13-4-3-5-15(21)8-13/h3-5,8,11-12,14,21H,6-7,9-10H2,1-2H3. The Bertz CT molecular complexity index is 604. The first-order chi connectivity index (χ1) is 10.1. The van der Waals surface area contributed by atoms with Crippen molar-refractivity contribution in [3.05, 3.63) is 42.0 Å². The molecule has 0 amide bonds. The van der Waals surface area contributed by atoms with Crippen LogP contribution in [0.25, 0.3) is 0 Å². The van der Waals surface area contributed by atoms with E-state index in [9.17, 15) is 5.11 Å². The second kappa shape index (κ2) is 5.85. The molecule has 1 saturated carbocycles. The van der Waals surface area contributed by atoms with Crippen molar-refractivity contribution in [3.8, 4) is 5.75 Å². The van der Waals surface area contributed by atoms with E-state index in [1.165, 1.54) is 12.8 Å². The Morgan fingerprint density at radius 3 is 2.81 bits per heavy atom. The third-order valence-corrected chi connectivity index (χ3v) is 3.91. The molecule has 0 saturated heterocycles. The molecule has 5 nitrogen and oxygen atoms in total. The van der Waals surface area contributed by atoms with Crippen molar-refractivity contribution >= 4 is 0 Å².